The topological polar surface area (TPSA) is 79.3 Å². The summed E-state index contributed by atoms with van der Waals surface area (Å²) in [6.45, 7) is 1.09. The summed E-state index contributed by atoms with van der Waals surface area (Å²) < 4.78 is 0.555. The summed E-state index contributed by atoms with van der Waals surface area (Å²) >= 11 is 10.5. The second kappa shape index (κ2) is 6.65. The summed E-state index contributed by atoms with van der Waals surface area (Å²) in [6, 6.07) is 3.07. The zero-order valence-electron chi connectivity index (χ0n) is 10.8. The van der Waals surface area contributed by atoms with E-state index >= 15 is 0 Å². The van der Waals surface area contributed by atoms with Gasteiger partial charge in [0.25, 0.3) is 5.91 Å². The molecule has 2 N–H and O–H groups in total. The van der Waals surface area contributed by atoms with E-state index in [9.17, 15) is 14.7 Å². The Hall–Kier alpha value is -1.28. The van der Waals surface area contributed by atoms with Crippen molar-refractivity contribution in [2.75, 3.05) is 5.32 Å². The fraction of sp³-hybridized carbons (Fsp3) is 0.154. The lowest BCUT2D eigenvalue weighted by molar-refractivity contribution is 0.101. The lowest BCUT2D eigenvalue weighted by Crippen LogP contribution is -2.15. The largest absolute Gasteiger partial charge is 0.392 e. The zero-order valence-corrected chi connectivity index (χ0v) is 14.0. The molecule has 1 aromatic heterocycles. The third-order valence-electron chi connectivity index (χ3n) is 2.68. The number of aliphatic hydroxyl groups is 1. The zero-order chi connectivity index (χ0) is 15.6. The molecule has 110 valence electrons. The Balaban J connectivity index is 2.42. The molecular formula is C13H10BrClN2O3S. The van der Waals surface area contributed by atoms with Crippen molar-refractivity contribution in [3.63, 3.8) is 0 Å². The number of halogens is 2. The molecule has 8 heteroatoms. The van der Waals surface area contributed by atoms with Gasteiger partial charge in [-0.15, -0.1) is 11.3 Å². The number of thiazole rings is 1. The van der Waals surface area contributed by atoms with Crippen molar-refractivity contribution >= 4 is 56.2 Å². The van der Waals surface area contributed by atoms with Gasteiger partial charge >= 0.3 is 0 Å². The third-order valence-corrected chi connectivity index (χ3v) is 4.66. The summed E-state index contributed by atoms with van der Waals surface area (Å²) in [5.74, 6) is -0.706. The first-order chi connectivity index (χ1) is 9.93. The van der Waals surface area contributed by atoms with Gasteiger partial charge in [0.15, 0.2) is 10.8 Å². The Morgan fingerprint density at radius 3 is 2.71 bits per heavy atom. The van der Waals surface area contributed by atoms with Crippen LogP contribution in [0.15, 0.2) is 22.1 Å². The summed E-state index contributed by atoms with van der Waals surface area (Å²) in [5, 5.41) is 13.9. The first-order valence-corrected chi connectivity index (χ1v) is 7.84. The van der Waals surface area contributed by atoms with Crippen LogP contribution in [0, 0.1) is 0 Å². The first kappa shape index (κ1) is 16.1. The van der Waals surface area contributed by atoms with Crippen molar-refractivity contribution < 1.29 is 14.7 Å². The maximum atomic E-state index is 12.1. The summed E-state index contributed by atoms with van der Waals surface area (Å²) in [7, 11) is 0. The van der Waals surface area contributed by atoms with Crippen LogP contribution < -0.4 is 5.32 Å². The maximum absolute atomic E-state index is 12.1. The van der Waals surface area contributed by atoms with Gasteiger partial charge in [0.05, 0.1) is 17.3 Å². The van der Waals surface area contributed by atoms with E-state index in [1.54, 1.807) is 11.4 Å². The molecule has 0 bridgehead atoms. The number of carbonyl (C=O) groups excluding carboxylic acids is 2. The van der Waals surface area contributed by atoms with Crippen molar-refractivity contribution in [2.24, 2.45) is 0 Å². The Morgan fingerprint density at radius 1 is 1.48 bits per heavy atom. The van der Waals surface area contributed by atoms with Crippen LogP contribution in [0.3, 0.4) is 0 Å². The number of benzene rings is 1. The molecule has 0 aliphatic carbocycles. The van der Waals surface area contributed by atoms with Crippen LogP contribution in [0.5, 0.6) is 0 Å². The fourth-order valence-electron chi connectivity index (χ4n) is 1.68. The van der Waals surface area contributed by atoms with Crippen LogP contribution in [-0.2, 0) is 6.61 Å². The van der Waals surface area contributed by atoms with Crippen molar-refractivity contribution in [3.05, 3.63) is 43.3 Å². The lowest BCUT2D eigenvalue weighted by atomic mass is 10.1. The molecule has 0 aliphatic heterocycles. The van der Waals surface area contributed by atoms with Crippen molar-refractivity contribution in [3.8, 4) is 0 Å². The molecule has 21 heavy (non-hydrogen) atoms. The average Bonchev–Trinajstić information content (AvgIpc) is 2.87. The number of amides is 1. The van der Waals surface area contributed by atoms with Crippen LogP contribution in [0.2, 0.25) is 5.02 Å². The van der Waals surface area contributed by atoms with E-state index in [-0.39, 0.29) is 33.7 Å². The Morgan fingerprint density at radius 2 is 2.19 bits per heavy atom. The highest BCUT2D eigenvalue weighted by atomic mass is 79.9. The summed E-state index contributed by atoms with van der Waals surface area (Å²) in [4.78, 5) is 27.8. The predicted octanol–water partition coefficient (Wildman–Crippen LogP) is 3.51. The van der Waals surface area contributed by atoms with Gasteiger partial charge in [0.1, 0.15) is 4.60 Å². The van der Waals surface area contributed by atoms with Gasteiger partial charge in [-0.05, 0) is 34.5 Å². The van der Waals surface area contributed by atoms with Gasteiger partial charge in [0.2, 0.25) is 0 Å². The Labute approximate surface area is 138 Å². The van der Waals surface area contributed by atoms with E-state index < -0.39 is 5.91 Å². The number of Topliss-reactive ketones (excluding diaryl/α,β-unsaturated/α-hetero) is 1. The maximum Gasteiger partial charge on any atom is 0.284 e. The number of anilines is 1. The molecule has 1 heterocycles. The van der Waals surface area contributed by atoms with Crippen LogP contribution >= 0.6 is 38.9 Å². The van der Waals surface area contributed by atoms with Gasteiger partial charge in [-0.2, -0.15) is 0 Å². The first-order valence-electron chi connectivity index (χ1n) is 5.79. The van der Waals surface area contributed by atoms with Crippen LogP contribution in [0.25, 0.3) is 0 Å². The Bertz CT molecular complexity index is 717. The third kappa shape index (κ3) is 3.49. The second-order valence-corrected chi connectivity index (χ2v) is 6.15. The molecule has 0 saturated carbocycles. The molecule has 0 aliphatic rings. The van der Waals surface area contributed by atoms with E-state index in [4.69, 9.17) is 11.6 Å². The Kier molecular flexibility index (Phi) is 5.10. The van der Waals surface area contributed by atoms with Crippen LogP contribution in [-0.4, -0.2) is 21.8 Å². The predicted molar refractivity (Wildman–Crippen MR) is 85.1 cm³/mol. The highest BCUT2D eigenvalue weighted by molar-refractivity contribution is 9.10. The van der Waals surface area contributed by atoms with E-state index in [2.05, 4.69) is 26.2 Å². The lowest BCUT2D eigenvalue weighted by Gasteiger charge is -2.13. The van der Waals surface area contributed by atoms with E-state index in [0.717, 1.165) is 11.3 Å². The molecular weight excluding hydrogens is 380 g/mol. The van der Waals surface area contributed by atoms with Gasteiger partial charge in [-0.25, -0.2) is 4.98 Å². The number of rotatable bonds is 4. The molecule has 0 unspecified atom stereocenters. The number of carbonyl (C=O) groups is 2. The summed E-state index contributed by atoms with van der Waals surface area (Å²) in [6.07, 6.45) is 0. The number of ketones is 1. The fourth-order valence-corrected chi connectivity index (χ4v) is 3.10. The quantitative estimate of drug-likeness (QED) is 0.784. The number of hydrogen-bond acceptors (Lipinski definition) is 5. The average molecular weight is 390 g/mol. The minimum atomic E-state index is -0.467. The monoisotopic (exact) mass is 388 g/mol. The van der Waals surface area contributed by atoms with Crippen molar-refractivity contribution in [1.29, 1.82) is 0 Å². The highest BCUT2D eigenvalue weighted by Crippen LogP contribution is 2.31. The molecule has 0 fully saturated rings. The SMILES string of the molecule is CC(=O)c1ccc(CO)c(Cl)c1NC(=O)c1nc(Br)cs1. The molecule has 1 aromatic carbocycles. The van der Waals surface area contributed by atoms with Gasteiger partial charge in [-0.1, -0.05) is 17.7 Å². The number of aromatic nitrogens is 1. The van der Waals surface area contributed by atoms with Crippen LogP contribution in [0.1, 0.15) is 32.6 Å². The van der Waals surface area contributed by atoms with Gasteiger partial charge < -0.3 is 10.4 Å². The number of hydrogen-bond donors (Lipinski definition) is 2. The van der Waals surface area contributed by atoms with E-state index in [1.165, 1.54) is 13.0 Å². The molecule has 0 radical (unpaired) electrons. The van der Waals surface area contributed by atoms with Crippen molar-refractivity contribution in [2.45, 2.75) is 13.5 Å². The van der Waals surface area contributed by atoms with E-state index in [0.29, 0.717) is 10.2 Å². The smallest absolute Gasteiger partial charge is 0.284 e. The molecule has 0 spiro atoms. The number of aliphatic hydroxyl groups excluding tert-OH is 1. The summed E-state index contributed by atoms with van der Waals surface area (Å²) in [5.41, 5.74) is 0.894. The normalized spacial score (nSPS) is 10.5. The van der Waals surface area contributed by atoms with Gasteiger partial charge in [-0.3, -0.25) is 9.59 Å². The number of nitrogens with zero attached hydrogens (tertiary/aromatic N) is 1. The minimum absolute atomic E-state index is 0.147. The molecule has 2 aromatic rings. The second-order valence-electron chi connectivity index (χ2n) is 4.11. The molecule has 1 amide bonds. The number of nitrogens with one attached hydrogen (secondary N) is 1. The van der Waals surface area contributed by atoms with Crippen LogP contribution in [0.4, 0.5) is 5.69 Å². The molecule has 5 nitrogen and oxygen atoms in total. The van der Waals surface area contributed by atoms with Gasteiger partial charge in [0, 0.05) is 10.9 Å². The van der Waals surface area contributed by atoms with Crippen molar-refractivity contribution in [1.82, 2.24) is 4.98 Å². The molecule has 2 rings (SSSR count). The molecule has 0 saturated heterocycles. The minimum Gasteiger partial charge on any atom is -0.392 e. The standard InChI is InChI=1S/C13H10BrClN2O3S/c1-6(19)8-3-2-7(4-18)10(15)11(8)17-12(20)13-16-9(14)5-21-13/h2-3,5,18H,4H2,1H3,(H,17,20). The highest BCUT2D eigenvalue weighted by Gasteiger charge is 2.19. The molecule has 0 atom stereocenters. The van der Waals surface area contributed by atoms with E-state index in [1.807, 2.05) is 0 Å².